The molecule has 3 N–H and O–H groups in total. The van der Waals surface area contributed by atoms with Crippen LogP contribution in [0.5, 0.6) is 0 Å². The van der Waals surface area contributed by atoms with Crippen LogP contribution >= 0.6 is 0 Å². The SMILES string of the molecule is CC(C(=O)NC1CCCCC1)S(=O)(=O)c1cccc(N)c1. The number of sulfone groups is 1. The van der Waals surface area contributed by atoms with Crippen LogP contribution in [0.25, 0.3) is 0 Å². The molecule has 1 amide bonds. The van der Waals surface area contributed by atoms with E-state index in [0.717, 1.165) is 25.7 Å². The largest absolute Gasteiger partial charge is 0.399 e. The van der Waals surface area contributed by atoms with E-state index in [1.54, 1.807) is 12.1 Å². The molecule has 1 aliphatic carbocycles. The maximum absolute atomic E-state index is 12.5. The number of anilines is 1. The number of carbonyl (C=O) groups excluding carboxylic acids is 1. The van der Waals surface area contributed by atoms with Crippen molar-refractivity contribution >= 4 is 21.4 Å². The molecule has 21 heavy (non-hydrogen) atoms. The second-order valence-electron chi connectivity index (χ2n) is 5.60. The average Bonchev–Trinajstić information content (AvgIpc) is 2.47. The standard InChI is InChI=1S/C15H22N2O3S/c1-11(15(18)17-13-7-3-2-4-8-13)21(19,20)14-9-5-6-12(16)10-14/h5-6,9-11,13H,2-4,7-8,16H2,1H3,(H,17,18). The first kappa shape index (κ1) is 15.8. The number of nitrogens with two attached hydrogens (primary N) is 1. The van der Waals surface area contributed by atoms with Crippen molar-refractivity contribution in [2.75, 3.05) is 5.73 Å². The van der Waals surface area contributed by atoms with E-state index in [9.17, 15) is 13.2 Å². The molecule has 0 aromatic heterocycles. The molecule has 1 fully saturated rings. The molecular formula is C15H22N2O3S. The summed E-state index contributed by atoms with van der Waals surface area (Å²) < 4.78 is 24.9. The van der Waals surface area contributed by atoms with Crippen LogP contribution < -0.4 is 11.1 Å². The molecule has 5 nitrogen and oxygen atoms in total. The van der Waals surface area contributed by atoms with Crippen LogP contribution in [0, 0.1) is 0 Å². The van der Waals surface area contributed by atoms with Crippen LogP contribution in [0.2, 0.25) is 0 Å². The highest BCUT2D eigenvalue weighted by molar-refractivity contribution is 7.92. The first-order valence-corrected chi connectivity index (χ1v) is 8.85. The number of amides is 1. The summed E-state index contributed by atoms with van der Waals surface area (Å²) in [5.41, 5.74) is 5.99. The zero-order chi connectivity index (χ0) is 15.5. The van der Waals surface area contributed by atoms with Crippen LogP contribution in [0.15, 0.2) is 29.2 Å². The second-order valence-corrected chi connectivity index (χ2v) is 7.87. The Kier molecular flexibility index (Phi) is 4.88. The molecular weight excluding hydrogens is 288 g/mol. The summed E-state index contributed by atoms with van der Waals surface area (Å²) in [7, 11) is -3.70. The van der Waals surface area contributed by atoms with Gasteiger partial charge in [-0.3, -0.25) is 4.79 Å². The zero-order valence-electron chi connectivity index (χ0n) is 12.2. The van der Waals surface area contributed by atoms with E-state index in [1.807, 2.05) is 0 Å². The first-order valence-electron chi connectivity index (χ1n) is 7.31. The van der Waals surface area contributed by atoms with E-state index in [-0.39, 0.29) is 10.9 Å². The smallest absolute Gasteiger partial charge is 0.238 e. The third-order valence-corrected chi connectivity index (χ3v) is 6.03. The van der Waals surface area contributed by atoms with Gasteiger partial charge in [-0.15, -0.1) is 0 Å². The summed E-state index contributed by atoms with van der Waals surface area (Å²) in [6, 6.07) is 6.15. The third kappa shape index (κ3) is 3.75. The monoisotopic (exact) mass is 310 g/mol. The van der Waals surface area contributed by atoms with E-state index in [2.05, 4.69) is 5.32 Å². The molecule has 1 aliphatic rings. The zero-order valence-corrected chi connectivity index (χ0v) is 13.0. The number of rotatable bonds is 4. The van der Waals surface area contributed by atoms with E-state index in [0.29, 0.717) is 5.69 Å². The Hall–Kier alpha value is -1.56. The lowest BCUT2D eigenvalue weighted by atomic mass is 9.95. The lowest BCUT2D eigenvalue weighted by molar-refractivity contribution is -0.121. The van der Waals surface area contributed by atoms with Crippen LogP contribution in [-0.2, 0) is 14.6 Å². The van der Waals surface area contributed by atoms with Gasteiger partial charge in [-0.1, -0.05) is 25.3 Å². The highest BCUT2D eigenvalue weighted by Crippen LogP contribution is 2.21. The molecule has 1 atom stereocenters. The Morgan fingerprint density at radius 2 is 1.95 bits per heavy atom. The lowest BCUT2D eigenvalue weighted by Crippen LogP contribution is -2.44. The number of benzene rings is 1. The third-order valence-electron chi connectivity index (χ3n) is 3.97. The minimum Gasteiger partial charge on any atom is -0.399 e. The van der Waals surface area contributed by atoms with Gasteiger partial charge >= 0.3 is 0 Å². The molecule has 6 heteroatoms. The van der Waals surface area contributed by atoms with Gasteiger partial charge in [-0.25, -0.2) is 8.42 Å². The molecule has 116 valence electrons. The Morgan fingerprint density at radius 3 is 2.57 bits per heavy atom. The van der Waals surface area contributed by atoms with Crippen LogP contribution in [0.4, 0.5) is 5.69 Å². The lowest BCUT2D eigenvalue weighted by Gasteiger charge is -2.24. The van der Waals surface area contributed by atoms with E-state index in [1.165, 1.54) is 25.5 Å². The summed E-state index contributed by atoms with van der Waals surface area (Å²) in [5, 5.41) is 1.75. The molecule has 1 saturated carbocycles. The van der Waals surface area contributed by atoms with E-state index in [4.69, 9.17) is 5.73 Å². The first-order chi connectivity index (χ1) is 9.91. The van der Waals surface area contributed by atoms with E-state index < -0.39 is 21.0 Å². The molecule has 1 aromatic rings. The van der Waals surface area contributed by atoms with Crippen molar-refractivity contribution in [3.8, 4) is 0 Å². The maximum Gasteiger partial charge on any atom is 0.238 e. The number of nitrogens with one attached hydrogen (secondary N) is 1. The quantitative estimate of drug-likeness (QED) is 0.831. The van der Waals surface area contributed by atoms with Gasteiger partial charge in [-0.05, 0) is 38.0 Å². The molecule has 0 aliphatic heterocycles. The van der Waals surface area contributed by atoms with Gasteiger partial charge in [0.25, 0.3) is 0 Å². The number of nitrogen functional groups attached to an aromatic ring is 1. The Labute approximate surface area is 125 Å². The fraction of sp³-hybridized carbons (Fsp3) is 0.533. The molecule has 0 saturated heterocycles. The highest BCUT2D eigenvalue weighted by Gasteiger charge is 2.31. The minimum absolute atomic E-state index is 0.0915. The Balaban J connectivity index is 2.10. The van der Waals surface area contributed by atoms with E-state index >= 15 is 0 Å². The van der Waals surface area contributed by atoms with Crippen molar-refractivity contribution in [3.05, 3.63) is 24.3 Å². The van der Waals surface area contributed by atoms with Crippen LogP contribution in [0.3, 0.4) is 0 Å². The van der Waals surface area contributed by atoms with Gasteiger partial charge < -0.3 is 11.1 Å². The van der Waals surface area contributed by atoms with Gasteiger partial charge in [0.1, 0.15) is 5.25 Å². The summed E-state index contributed by atoms with van der Waals surface area (Å²) in [5.74, 6) is -0.427. The van der Waals surface area contributed by atoms with Crippen molar-refractivity contribution < 1.29 is 13.2 Å². The Morgan fingerprint density at radius 1 is 1.29 bits per heavy atom. The van der Waals surface area contributed by atoms with Crippen molar-refractivity contribution in [2.24, 2.45) is 0 Å². The van der Waals surface area contributed by atoms with Crippen molar-refractivity contribution in [2.45, 2.75) is 55.2 Å². The topological polar surface area (TPSA) is 89.3 Å². The van der Waals surface area contributed by atoms with Gasteiger partial charge in [0.2, 0.25) is 5.91 Å². The van der Waals surface area contributed by atoms with Gasteiger partial charge in [0.05, 0.1) is 4.90 Å². The summed E-state index contributed by atoms with van der Waals surface area (Å²) >= 11 is 0. The molecule has 2 rings (SSSR count). The van der Waals surface area contributed by atoms with Gasteiger partial charge in [0.15, 0.2) is 9.84 Å². The normalized spacial score (nSPS) is 18.1. The molecule has 0 heterocycles. The number of hydrogen-bond acceptors (Lipinski definition) is 4. The molecule has 0 radical (unpaired) electrons. The summed E-state index contributed by atoms with van der Waals surface area (Å²) in [6.45, 7) is 1.43. The summed E-state index contributed by atoms with van der Waals surface area (Å²) in [4.78, 5) is 12.3. The minimum atomic E-state index is -3.70. The predicted octanol–water partition coefficient (Wildman–Crippen LogP) is 1.88. The highest BCUT2D eigenvalue weighted by atomic mass is 32.2. The average molecular weight is 310 g/mol. The van der Waals surface area contributed by atoms with Crippen molar-refractivity contribution in [1.82, 2.24) is 5.32 Å². The maximum atomic E-state index is 12.5. The van der Waals surface area contributed by atoms with Crippen molar-refractivity contribution in [1.29, 1.82) is 0 Å². The number of carbonyl (C=O) groups is 1. The van der Waals surface area contributed by atoms with Crippen LogP contribution in [0.1, 0.15) is 39.0 Å². The van der Waals surface area contributed by atoms with Gasteiger partial charge in [-0.2, -0.15) is 0 Å². The molecule has 0 bridgehead atoms. The summed E-state index contributed by atoms with van der Waals surface area (Å²) in [6.07, 6.45) is 5.21. The van der Waals surface area contributed by atoms with Crippen molar-refractivity contribution in [3.63, 3.8) is 0 Å². The fourth-order valence-corrected chi connectivity index (χ4v) is 3.93. The van der Waals surface area contributed by atoms with Crippen LogP contribution in [-0.4, -0.2) is 25.6 Å². The fourth-order valence-electron chi connectivity index (χ4n) is 2.60. The predicted molar refractivity (Wildman–Crippen MR) is 82.5 cm³/mol. The second kappa shape index (κ2) is 6.47. The Bertz CT molecular complexity index is 607. The molecule has 1 unspecified atom stereocenters. The molecule has 0 spiro atoms. The number of hydrogen-bond donors (Lipinski definition) is 2. The molecule has 1 aromatic carbocycles. The van der Waals surface area contributed by atoms with Gasteiger partial charge in [0, 0.05) is 11.7 Å².